The molecule has 7 nitrogen and oxygen atoms in total. The van der Waals surface area contributed by atoms with Crippen LogP contribution < -0.4 is 10.6 Å². The van der Waals surface area contributed by atoms with Crippen LogP contribution in [-0.2, 0) is 0 Å². The van der Waals surface area contributed by atoms with Crippen molar-refractivity contribution in [2.75, 3.05) is 30.3 Å². The highest BCUT2D eigenvalue weighted by Crippen LogP contribution is 2.31. The van der Waals surface area contributed by atoms with Crippen molar-refractivity contribution in [2.24, 2.45) is 0 Å². The van der Waals surface area contributed by atoms with Gasteiger partial charge in [-0.25, -0.2) is 13.2 Å². The van der Waals surface area contributed by atoms with Gasteiger partial charge in [0, 0.05) is 21.9 Å². The van der Waals surface area contributed by atoms with Gasteiger partial charge in [0.2, 0.25) is 0 Å². The lowest BCUT2D eigenvalue weighted by Gasteiger charge is -2.46. The Kier molecular flexibility index (Phi) is 6.03. The summed E-state index contributed by atoms with van der Waals surface area (Å²) >= 11 is 1.92. The molecule has 0 spiro atoms. The summed E-state index contributed by atoms with van der Waals surface area (Å²) in [5.41, 5.74) is -1.07. The number of halogens is 4. The molecule has 0 atom stereocenters. The molecule has 1 fully saturated rings. The Bertz CT molecular complexity index is 1180. The fourth-order valence-electron chi connectivity index (χ4n) is 3.43. The molecule has 32 heavy (non-hydrogen) atoms. The van der Waals surface area contributed by atoms with Crippen LogP contribution in [0, 0.1) is 27.9 Å². The summed E-state index contributed by atoms with van der Waals surface area (Å²) in [5, 5.41) is 22.9. The van der Waals surface area contributed by atoms with E-state index in [0.29, 0.717) is 9.39 Å². The quantitative estimate of drug-likeness (QED) is 0.347. The molecular formula is C21H19F3IN5O2. The molecule has 11 heteroatoms. The van der Waals surface area contributed by atoms with Gasteiger partial charge in [0.05, 0.1) is 30.0 Å². The second-order valence-electron chi connectivity index (χ2n) is 7.71. The number of aromatic nitrogens is 2. The fraction of sp³-hybridized carbons (Fsp3) is 0.238. The van der Waals surface area contributed by atoms with Crippen LogP contribution in [0.5, 0.6) is 0 Å². The number of rotatable bonds is 6. The lowest BCUT2D eigenvalue weighted by atomic mass is 9.92. The number of amides is 1. The molecule has 2 heterocycles. The third-order valence-corrected chi connectivity index (χ3v) is 5.75. The minimum Gasteiger partial charge on any atom is -0.384 e. The van der Waals surface area contributed by atoms with Gasteiger partial charge in [-0.3, -0.25) is 9.89 Å². The summed E-state index contributed by atoms with van der Waals surface area (Å²) in [6.45, 7) is 1.96. The van der Waals surface area contributed by atoms with E-state index in [0.717, 1.165) is 17.8 Å². The van der Waals surface area contributed by atoms with Crippen molar-refractivity contribution in [3.63, 3.8) is 0 Å². The van der Waals surface area contributed by atoms with Crippen LogP contribution in [0.25, 0.3) is 0 Å². The van der Waals surface area contributed by atoms with Crippen molar-refractivity contribution < 1.29 is 23.1 Å². The number of nitrogens with one attached hydrogen (secondary N) is 3. The second kappa shape index (κ2) is 8.62. The third-order valence-electron chi connectivity index (χ3n) is 5.08. The molecule has 1 aliphatic rings. The summed E-state index contributed by atoms with van der Waals surface area (Å²) in [6, 6.07) is 7.94. The van der Waals surface area contributed by atoms with Crippen molar-refractivity contribution in [3.05, 3.63) is 68.7 Å². The van der Waals surface area contributed by atoms with E-state index >= 15 is 0 Å². The second-order valence-corrected chi connectivity index (χ2v) is 8.95. The van der Waals surface area contributed by atoms with Crippen LogP contribution in [0.2, 0.25) is 0 Å². The van der Waals surface area contributed by atoms with Gasteiger partial charge in [-0.1, -0.05) is 0 Å². The maximum absolute atomic E-state index is 14.6. The monoisotopic (exact) mass is 557 g/mol. The smallest absolute Gasteiger partial charge is 0.256 e. The van der Waals surface area contributed by atoms with Crippen molar-refractivity contribution in [1.29, 1.82) is 0 Å². The molecule has 0 saturated carbocycles. The zero-order chi connectivity index (χ0) is 23.0. The summed E-state index contributed by atoms with van der Waals surface area (Å²) in [7, 11) is 0. The summed E-state index contributed by atoms with van der Waals surface area (Å²) in [5.74, 6) is -3.18. The number of anilines is 3. The lowest BCUT2D eigenvalue weighted by Crippen LogP contribution is -2.66. The van der Waals surface area contributed by atoms with Gasteiger partial charge in [0.1, 0.15) is 17.2 Å². The first kappa shape index (κ1) is 22.4. The highest BCUT2D eigenvalue weighted by Gasteiger charge is 2.44. The predicted octanol–water partition coefficient (Wildman–Crippen LogP) is 3.78. The largest absolute Gasteiger partial charge is 0.384 e. The third kappa shape index (κ3) is 4.53. The molecule has 4 rings (SSSR count). The number of β-amino-alcohol motifs (C(OH)–C–C–N with tert-alkyl or cyclic N) is 1. The standard InChI is InChI=1S/C21H19F3IN5O2/c1-11-6-17(29-28-11)26-8-21(32)9-30(10-21)20(31)13-3-4-14(22)18(24)19(13)27-16-5-2-12(25)7-15(16)23/h2-7,27,32H,8-10H2,1H3,(H2,26,28,29). The Hall–Kier alpha value is -2.80. The van der Waals surface area contributed by atoms with Gasteiger partial charge in [-0.05, 0) is 59.8 Å². The van der Waals surface area contributed by atoms with Crippen molar-refractivity contribution in [3.8, 4) is 0 Å². The molecule has 4 N–H and O–H groups in total. The number of carbonyl (C=O) groups is 1. The first-order chi connectivity index (χ1) is 15.1. The molecular weight excluding hydrogens is 538 g/mol. The minimum absolute atomic E-state index is 0.0153. The Balaban J connectivity index is 1.50. The van der Waals surface area contributed by atoms with E-state index in [9.17, 15) is 23.1 Å². The number of benzene rings is 2. The number of hydrogen-bond donors (Lipinski definition) is 4. The molecule has 0 unspecified atom stereocenters. The SMILES string of the molecule is Cc1cc(NCC2(O)CN(C(=O)c3ccc(F)c(F)c3Nc3ccc(I)cc3F)C2)n[nH]1. The molecule has 0 radical (unpaired) electrons. The van der Waals surface area contributed by atoms with Crippen LogP contribution in [0.1, 0.15) is 16.1 Å². The number of aliphatic hydroxyl groups is 1. The lowest BCUT2D eigenvalue weighted by molar-refractivity contribution is -0.0707. The van der Waals surface area contributed by atoms with Crippen LogP contribution in [0.4, 0.5) is 30.4 Å². The van der Waals surface area contributed by atoms with Crippen LogP contribution in [0.3, 0.4) is 0 Å². The molecule has 168 valence electrons. The number of aryl methyl sites for hydroxylation is 1. The molecule has 3 aromatic rings. The Morgan fingerprint density at radius 3 is 2.62 bits per heavy atom. The van der Waals surface area contributed by atoms with Crippen molar-refractivity contribution >= 4 is 45.7 Å². The maximum atomic E-state index is 14.6. The van der Waals surface area contributed by atoms with Gasteiger partial charge < -0.3 is 20.6 Å². The zero-order valence-corrected chi connectivity index (χ0v) is 19.0. The average molecular weight is 557 g/mol. The summed E-state index contributed by atoms with van der Waals surface area (Å²) < 4.78 is 43.3. The van der Waals surface area contributed by atoms with Crippen molar-refractivity contribution in [1.82, 2.24) is 15.1 Å². The normalized spacial score (nSPS) is 14.8. The number of nitrogens with zero attached hydrogens (tertiary/aromatic N) is 2. The van der Waals surface area contributed by atoms with E-state index in [4.69, 9.17) is 0 Å². The molecule has 1 saturated heterocycles. The zero-order valence-electron chi connectivity index (χ0n) is 16.8. The first-order valence-electron chi connectivity index (χ1n) is 9.63. The number of likely N-dealkylation sites (tertiary alicyclic amines) is 1. The topological polar surface area (TPSA) is 93.3 Å². The average Bonchev–Trinajstić information content (AvgIpc) is 3.14. The number of H-pyrrole nitrogens is 1. The number of aromatic amines is 1. The van der Waals surface area contributed by atoms with Gasteiger partial charge in [-0.2, -0.15) is 5.10 Å². The van der Waals surface area contributed by atoms with Crippen LogP contribution in [0.15, 0.2) is 36.4 Å². The summed E-state index contributed by atoms with van der Waals surface area (Å²) in [6.07, 6.45) is 0. The Morgan fingerprint density at radius 1 is 1.22 bits per heavy atom. The van der Waals surface area contributed by atoms with E-state index in [2.05, 4.69) is 20.8 Å². The number of hydrogen-bond acceptors (Lipinski definition) is 5. The summed E-state index contributed by atoms with van der Waals surface area (Å²) in [4.78, 5) is 14.3. The van der Waals surface area contributed by atoms with E-state index in [-0.39, 0.29) is 30.9 Å². The van der Waals surface area contributed by atoms with Crippen LogP contribution in [-0.4, -0.2) is 51.3 Å². The molecule has 0 aliphatic carbocycles. The minimum atomic E-state index is -1.29. The van der Waals surface area contributed by atoms with Gasteiger partial charge in [0.15, 0.2) is 11.6 Å². The van der Waals surface area contributed by atoms with E-state index < -0.39 is 34.6 Å². The Morgan fingerprint density at radius 2 is 1.97 bits per heavy atom. The molecule has 2 aromatic carbocycles. The van der Waals surface area contributed by atoms with Crippen molar-refractivity contribution in [2.45, 2.75) is 12.5 Å². The Labute approximate surface area is 195 Å². The predicted molar refractivity (Wildman–Crippen MR) is 121 cm³/mol. The number of carbonyl (C=O) groups excluding carboxylic acids is 1. The van der Waals surface area contributed by atoms with Gasteiger partial charge in [-0.15, -0.1) is 0 Å². The van der Waals surface area contributed by atoms with Gasteiger partial charge >= 0.3 is 0 Å². The van der Waals surface area contributed by atoms with Crippen LogP contribution >= 0.6 is 22.6 Å². The van der Waals surface area contributed by atoms with Gasteiger partial charge in [0.25, 0.3) is 5.91 Å². The van der Waals surface area contributed by atoms with E-state index in [1.165, 1.54) is 17.0 Å². The highest BCUT2D eigenvalue weighted by molar-refractivity contribution is 14.1. The molecule has 1 amide bonds. The van der Waals surface area contributed by atoms with E-state index in [1.807, 2.05) is 29.5 Å². The first-order valence-corrected chi connectivity index (χ1v) is 10.7. The molecule has 1 aliphatic heterocycles. The molecule has 1 aromatic heterocycles. The highest BCUT2D eigenvalue weighted by atomic mass is 127. The molecule has 0 bridgehead atoms. The van der Waals surface area contributed by atoms with E-state index in [1.54, 1.807) is 12.1 Å². The fourth-order valence-corrected chi connectivity index (χ4v) is 3.88. The maximum Gasteiger partial charge on any atom is 0.256 e.